The summed E-state index contributed by atoms with van der Waals surface area (Å²) in [5, 5.41) is 7.57. The summed E-state index contributed by atoms with van der Waals surface area (Å²) < 4.78 is 14.6. The monoisotopic (exact) mass is 462 g/mol. The van der Waals surface area contributed by atoms with Crippen molar-refractivity contribution in [2.24, 2.45) is 0 Å². The lowest BCUT2D eigenvalue weighted by molar-refractivity contribution is -0.118. The summed E-state index contributed by atoms with van der Waals surface area (Å²) in [4.78, 5) is 12.5. The lowest BCUT2D eigenvalue weighted by Crippen LogP contribution is -2.25. The highest BCUT2D eigenvalue weighted by Crippen LogP contribution is 2.25. The van der Waals surface area contributed by atoms with Crippen molar-refractivity contribution in [3.05, 3.63) is 90.4 Å². The van der Waals surface area contributed by atoms with E-state index in [9.17, 15) is 4.79 Å². The molecule has 8 heteroatoms. The van der Waals surface area contributed by atoms with Crippen LogP contribution in [0.15, 0.2) is 79.3 Å². The Kier molecular flexibility index (Phi) is 7.36. The molecule has 1 amide bonds. The van der Waals surface area contributed by atoms with Gasteiger partial charge in [0.1, 0.15) is 17.3 Å². The summed E-state index contributed by atoms with van der Waals surface area (Å²) in [6.07, 6.45) is 5.87. The average Bonchev–Trinajstić information content (AvgIpc) is 3.53. The van der Waals surface area contributed by atoms with E-state index in [0.29, 0.717) is 23.8 Å². The first-order chi connectivity index (χ1) is 16.2. The van der Waals surface area contributed by atoms with Crippen LogP contribution in [0.3, 0.4) is 0 Å². The van der Waals surface area contributed by atoms with Crippen LogP contribution in [0.2, 0.25) is 0 Å². The van der Waals surface area contributed by atoms with E-state index in [1.54, 1.807) is 26.0 Å². The normalized spacial score (nSPS) is 10.7. The molecule has 0 bridgehead atoms. The number of carbonyl (C=O) groups is 1. The summed E-state index contributed by atoms with van der Waals surface area (Å²) in [6, 6.07) is 19.5. The Morgan fingerprint density at radius 3 is 2.52 bits per heavy atom. The first kappa shape index (κ1) is 22.5. The van der Waals surface area contributed by atoms with Gasteiger partial charge < -0.3 is 19.4 Å². The van der Waals surface area contributed by atoms with E-state index < -0.39 is 0 Å². The second kappa shape index (κ2) is 10.8. The van der Waals surface area contributed by atoms with Gasteiger partial charge in [-0.15, -0.1) is 11.8 Å². The molecule has 0 aliphatic heterocycles. The number of nitrogens with zero attached hydrogens (tertiary/aromatic N) is 3. The minimum Gasteiger partial charge on any atom is -0.497 e. The molecule has 2 aromatic heterocycles. The standard InChI is InChI=1S/C25H26N4O3S/c1-31-22-10-11-23(32-2)19(14-22)15-26-24(30)18-33-17-20-16-27-29(21-8-4-3-5-9-21)25(20)28-12-6-7-13-28/h3-14,16H,15,17-18H2,1-2H3,(H,26,30). The average molecular weight is 463 g/mol. The molecule has 2 heterocycles. The number of hydrogen-bond donors (Lipinski definition) is 1. The van der Waals surface area contributed by atoms with Crippen molar-refractivity contribution in [3.63, 3.8) is 0 Å². The molecule has 1 N–H and O–H groups in total. The minimum absolute atomic E-state index is 0.0390. The van der Waals surface area contributed by atoms with Crippen molar-refractivity contribution in [2.45, 2.75) is 12.3 Å². The third-order valence-electron chi connectivity index (χ3n) is 5.12. The first-order valence-electron chi connectivity index (χ1n) is 10.5. The molecule has 33 heavy (non-hydrogen) atoms. The number of rotatable bonds is 10. The van der Waals surface area contributed by atoms with Gasteiger partial charge in [-0.05, 0) is 42.5 Å². The molecule has 7 nitrogen and oxygen atoms in total. The Morgan fingerprint density at radius 1 is 1.00 bits per heavy atom. The number of methoxy groups -OCH3 is 2. The number of hydrogen-bond acceptors (Lipinski definition) is 5. The third-order valence-corrected chi connectivity index (χ3v) is 6.10. The molecule has 0 fully saturated rings. The van der Waals surface area contributed by atoms with Crippen LogP contribution < -0.4 is 14.8 Å². The summed E-state index contributed by atoms with van der Waals surface area (Å²) in [5.74, 6) is 3.38. The number of para-hydroxylation sites is 1. The van der Waals surface area contributed by atoms with E-state index in [1.807, 2.05) is 88.5 Å². The molecule has 4 rings (SSSR count). The van der Waals surface area contributed by atoms with Gasteiger partial charge in [-0.2, -0.15) is 5.10 Å². The maximum absolute atomic E-state index is 12.5. The molecule has 170 valence electrons. The van der Waals surface area contributed by atoms with E-state index in [0.717, 1.165) is 28.4 Å². The molecular formula is C25H26N4O3S. The zero-order valence-electron chi connectivity index (χ0n) is 18.6. The van der Waals surface area contributed by atoms with Crippen LogP contribution in [0.5, 0.6) is 11.5 Å². The smallest absolute Gasteiger partial charge is 0.230 e. The van der Waals surface area contributed by atoms with Crippen LogP contribution in [0.4, 0.5) is 0 Å². The Balaban J connectivity index is 1.39. The van der Waals surface area contributed by atoms with Crippen LogP contribution >= 0.6 is 11.8 Å². The van der Waals surface area contributed by atoms with E-state index in [1.165, 1.54) is 0 Å². The lowest BCUT2D eigenvalue weighted by atomic mass is 10.2. The van der Waals surface area contributed by atoms with Crippen LogP contribution in [-0.4, -0.2) is 40.2 Å². The van der Waals surface area contributed by atoms with Gasteiger partial charge >= 0.3 is 0 Å². The Hall–Kier alpha value is -3.65. The fourth-order valence-corrected chi connectivity index (χ4v) is 4.32. The van der Waals surface area contributed by atoms with Crippen molar-refractivity contribution in [2.75, 3.05) is 20.0 Å². The van der Waals surface area contributed by atoms with Gasteiger partial charge in [0, 0.05) is 35.8 Å². The van der Waals surface area contributed by atoms with Gasteiger partial charge in [0.05, 0.1) is 31.9 Å². The van der Waals surface area contributed by atoms with Gasteiger partial charge in [0.25, 0.3) is 0 Å². The van der Waals surface area contributed by atoms with Gasteiger partial charge in [-0.25, -0.2) is 4.68 Å². The molecule has 0 aliphatic rings. The first-order valence-corrected chi connectivity index (χ1v) is 11.7. The zero-order chi connectivity index (χ0) is 23.0. The van der Waals surface area contributed by atoms with Crippen molar-refractivity contribution in [1.82, 2.24) is 19.7 Å². The predicted octanol–water partition coefficient (Wildman–Crippen LogP) is 4.23. The van der Waals surface area contributed by atoms with Crippen LogP contribution in [0, 0.1) is 0 Å². The number of benzene rings is 2. The SMILES string of the molecule is COc1ccc(OC)c(CNC(=O)CSCc2cnn(-c3ccccc3)c2-n2cccc2)c1. The molecule has 0 unspecified atom stereocenters. The molecule has 2 aromatic carbocycles. The van der Waals surface area contributed by atoms with E-state index in [2.05, 4.69) is 10.4 Å². The molecule has 0 spiro atoms. The molecule has 0 aliphatic carbocycles. The summed E-state index contributed by atoms with van der Waals surface area (Å²) in [6.45, 7) is 0.375. The van der Waals surface area contributed by atoms with E-state index in [-0.39, 0.29) is 5.91 Å². The summed E-state index contributed by atoms with van der Waals surface area (Å²) >= 11 is 1.55. The van der Waals surface area contributed by atoms with Gasteiger partial charge in [0.2, 0.25) is 5.91 Å². The van der Waals surface area contributed by atoms with Crippen molar-refractivity contribution >= 4 is 17.7 Å². The van der Waals surface area contributed by atoms with Crippen molar-refractivity contribution < 1.29 is 14.3 Å². The second-order valence-corrected chi connectivity index (χ2v) is 8.26. The molecule has 0 radical (unpaired) electrons. The lowest BCUT2D eigenvalue weighted by Gasteiger charge is -2.12. The van der Waals surface area contributed by atoms with Crippen LogP contribution in [-0.2, 0) is 17.1 Å². The maximum Gasteiger partial charge on any atom is 0.230 e. The summed E-state index contributed by atoms with van der Waals surface area (Å²) in [5.41, 5.74) is 2.92. The number of amides is 1. The van der Waals surface area contributed by atoms with E-state index >= 15 is 0 Å². The highest BCUT2D eigenvalue weighted by Gasteiger charge is 2.15. The Labute approximate surface area is 197 Å². The zero-order valence-corrected chi connectivity index (χ0v) is 19.4. The Bertz CT molecular complexity index is 1190. The van der Waals surface area contributed by atoms with Crippen LogP contribution in [0.1, 0.15) is 11.1 Å². The third kappa shape index (κ3) is 5.40. The fourth-order valence-electron chi connectivity index (χ4n) is 3.51. The maximum atomic E-state index is 12.5. The highest BCUT2D eigenvalue weighted by atomic mass is 32.2. The fraction of sp³-hybridized carbons (Fsp3) is 0.200. The van der Waals surface area contributed by atoms with Gasteiger partial charge in [-0.3, -0.25) is 4.79 Å². The number of carbonyl (C=O) groups excluding carboxylic acids is 1. The number of aromatic nitrogens is 3. The van der Waals surface area contributed by atoms with E-state index in [4.69, 9.17) is 9.47 Å². The largest absolute Gasteiger partial charge is 0.497 e. The number of thioether (sulfide) groups is 1. The molecule has 0 saturated carbocycles. The minimum atomic E-state index is -0.0390. The Morgan fingerprint density at radius 2 is 1.79 bits per heavy atom. The molecule has 0 saturated heterocycles. The predicted molar refractivity (Wildman–Crippen MR) is 130 cm³/mol. The van der Waals surface area contributed by atoms with Crippen molar-refractivity contribution in [3.8, 4) is 23.0 Å². The number of nitrogens with one attached hydrogen (secondary N) is 1. The number of ether oxygens (including phenoxy) is 2. The highest BCUT2D eigenvalue weighted by molar-refractivity contribution is 7.99. The van der Waals surface area contributed by atoms with Crippen molar-refractivity contribution in [1.29, 1.82) is 0 Å². The van der Waals surface area contributed by atoms with Gasteiger partial charge in [0.15, 0.2) is 0 Å². The summed E-state index contributed by atoms with van der Waals surface area (Å²) in [7, 11) is 3.23. The molecule has 0 atom stereocenters. The molecular weight excluding hydrogens is 436 g/mol. The van der Waals surface area contributed by atoms with Crippen LogP contribution in [0.25, 0.3) is 11.5 Å². The van der Waals surface area contributed by atoms with Gasteiger partial charge in [-0.1, -0.05) is 18.2 Å². The quantitative estimate of drug-likeness (QED) is 0.382. The second-order valence-electron chi connectivity index (χ2n) is 7.28. The topological polar surface area (TPSA) is 70.3 Å². The molecule has 4 aromatic rings.